The lowest BCUT2D eigenvalue weighted by atomic mass is 10.3. The summed E-state index contributed by atoms with van der Waals surface area (Å²) in [6.07, 6.45) is 7.01. The van der Waals surface area contributed by atoms with Crippen LogP contribution in [-0.2, 0) is 13.2 Å². The molecule has 0 aliphatic rings. The topological polar surface area (TPSA) is 76.1 Å². The number of pyridine rings is 1. The molecule has 0 spiro atoms. The predicted octanol–water partition coefficient (Wildman–Crippen LogP) is 1.96. The molecule has 3 aromatic rings. The number of aliphatic hydroxyl groups excluding tert-OH is 1. The van der Waals surface area contributed by atoms with Gasteiger partial charge in [0.2, 0.25) is 0 Å². The van der Waals surface area contributed by atoms with Crippen molar-refractivity contribution in [3.8, 4) is 5.82 Å². The average molecular weight is 270 g/mol. The van der Waals surface area contributed by atoms with Crippen molar-refractivity contribution in [2.45, 2.75) is 13.2 Å². The summed E-state index contributed by atoms with van der Waals surface area (Å²) in [4.78, 5) is 8.33. The largest absolute Gasteiger partial charge is 0.462 e. The predicted molar refractivity (Wildman–Crippen MR) is 73.3 cm³/mol. The molecule has 0 unspecified atom stereocenters. The molecule has 20 heavy (non-hydrogen) atoms. The van der Waals surface area contributed by atoms with Crippen LogP contribution in [0, 0.1) is 0 Å². The van der Waals surface area contributed by atoms with Crippen molar-refractivity contribution < 1.29 is 9.52 Å². The van der Waals surface area contributed by atoms with Crippen LogP contribution in [0.15, 0.2) is 53.6 Å². The summed E-state index contributed by atoms with van der Waals surface area (Å²) < 4.78 is 7.23. The van der Waals surface area contributed by atoms with Gasteiger partial charge in [-0.1, -0.05) is 0 Å². The van der Waals surface area contributed by atoms with Crippen LogP contribution in [-0.4, -0.2) is 19.6 Å². The minimum absolute atomic E-state index is 0.0822. The molecule has 3 heterocycles. The SMILES string of the molecule is OCc1ccc(CNc2ccc(-n3ccnc3)nc2)o1. The Morgan fingerprint density at radius 3 is 2.75 bits per heavy atom. The first-order valence-electron chi connectivity index (χ1n) is 6.22. The van der Waals surface area contributed by atoms with Crippen LogP contribution in [0.4, 0.5) is 5.69 Å². The van der Waals surface area contributed by atoms with E-state index in [0.717, 1.165) is 17.3 Å². The molecule has 0 saturated heterocycles. The van der Waals surface area contributed by atoms with E-state index in [2.05, 4.69) is 15.3 Å². The Bertz CT molecular complexity index is 659. The molecule has 0 saturated carbocycles. The Morgan fingerprint density at radius 2 is 2.10 bits per heavy atom. The van der Waals surface area contributed by atoms with Gasteiger partial charge in [0, 0.05) is 12.4 Å². The molecule has 0 atom stereocenters. The minimum atomic E-state index is -0.0822. The standard InChI is InChI=1S/C14H14N4O2/c19-9-13-3-2-12(20-13)8-16-11-1-4-14(17-7-11)18-6-5-15-10-18/h1-7,10,16,19H,8-9H2. The molecule has 0 aromatic carbocycles. The van der Waals surface area contributed by atoms with E-state index in [1.165, 1.54) is 0 Å². The monoisotopic (exact) mass is 270 g/mol. The van der Waals surface area contributed by atoms with E-state index in [-0.39, 0.29) is 6.61 Å². The highest BCUT2D eigenvalue weighted by molar-refractivity contribution is 5.43. The zero-order valence-electron chi connectivity index (χ0n) is 10.7. The molecular formula is C14H14N4O2. The molecule has 0 aliphatic carbocycles. The Kier molecular flexibility index (Phi) is 3.47. The van der Waals surface area contributed by atoms with E-state index in [9.17, 15) is 0 Å². The minimum Gasteiger partial charge on any atom is -0.462 e. The molecular weight excluding hydrogens is 256 g/mol. The number of nitrogens with zero attached hydrogens (tertiary/aromatic N) is 3. The van der Waals surface area contributed by atoms with E-state index in [4.69, 9.17) is 9.52 Å². The van der Waals surface area contributed by atoms with Crippen molar-refractivity contribution in [2.75, 3.05) is 5.32 Å². The summed E-state index contributed by atoms with van der Waals surface area (Å²) in [6, 6.07) is 7.45. The molecule has 0 bridgehead atoms. The maximum atomic E-state index is 8.93. The number of anilines is 1. The number of aliphatic hydroxyl groups is 1. The molecule has 0 radical (unpaired) electrons. The van der Waals surface area contributed by atoms with Gasteiger partial charge >= 0.3 is 0 Å². The van der Waals surface area contributed by atoms with Gasteiger partial charge in [0.05, 0.1) is 18.4 Å². The molecule has 3 aromatic heterocycles. The Labute approximate surface area is 115 Å². The molecule has 0 aliphatic heterocycles. The summed E-state index contributed by atoms with van der Waals surface area (Å²) in [6.45, 7) is 0.466. The Balaban J connectivity index is 1.63. The average Bonchev–Trinajstić information content (AvgIpc) is 3.17. The third kappa shape index (κ3) is 2.70. The fourth-order valence-electron chi connectivity index (χ4n) is 1.83. The highest BCUT2D eigenvalue weighted by atomic mass is 16.4. The lowest BCUT2D eigenvalue weighted by Gasteiger charge is -2.05. The summed E-state index contributed by atoms with van der Waals surface area (Å²) in [5.41, 5.74) is 0.899. The van der Waals surface area contributed by atoms with Gasteiger partial charge in [-0.3, -0.25) is 4.57 Å². The summed E-state index contributed by atoms with van der Waals surface area (Å²) in [5.74, 6) is 2.15. The quantitative estimate of drug-likeness (QED) is 0.741. The van der Waals surface area contributed by atoms with Crippen LogP contribution in [0.1, 0.15) is 11.5 Å². The van der Waals surface area contributed by atoms with Crippen LogP contribution in [0.2, 0.25) is 0 Å². The molecule has 102 valence electrons. The lowest BCUT2D eigenvalue weighted by molar-refractivity contribution is 0.244. The van der Waals surface area contributed by atoms with Crippen LogP contribution >= 0.6 is 0 Å². The van der Waals surface area contributed by atoms with Gasteiger partial charge in [0.1, 0.15) is 30.3 Å². The molecule has 3 rings (SSSR count). The van der Waals surface area contributed by atoms with E-state index in [1.807, 2.05) is 29.0 Å². The van der Waals surface area contributed by atoms with Crippen molar-refractivity contribution in [3.63, 3.8) is 0 Å². The number of hydrogen-bond donors (Lipinski definition) is 2. The van der Waals surface area contributed by atoms with Crippen molar-refractivity contribution in [2.24, 2.45) is 0 Å². The van der Waals surface area contributed by atoms with Crippen LogP contribution < -0.4 is 5.32 Å². The van der Waals surface area contributed by atoms with Gasteiger partial charge < -0.3 is 14.8 Å². The van der Waals surface area contributed by atoms with Gasteiger partial charge in [0.25, 0.3) is 0 Å². The fourth-order valence-corrected chi connectivity index (χ4v) is 1.83. The Morgan fingerprint density at radius 1 is 1.20 bits per heavy atom. The number of hydrogen-bond acceptors (Lipinski definition) is 5. The van der Waals surface area contributed by atoms with Crippen molar-refractivity contribution in [1.82, 2.24) is 14.5 Å². The van der Waals surface area contributed by atoms with E-state index in [1.54, 1.807) is 24.8 Å². The second kappa shape index (κ2) is 5.58. The second-order valence-corrected chi connectivity index (χ2v) is 4.25. The van der Waals surface area contributed by atoms with Crippen LogP contribution in [0.5, 0.6) is 0 Å². The number of furan rings is 1. The van der Waals surface area contributed by atoms with E-state index < -0.39 is 0 Å². The van der Waals surface area contributed by atoms with Gasteiger partial charge in [-0.2, -0.15) is 0 Å². The number of nitrogens with one attached hydrogen (secondary N) is 1. The zero-order chi connectivity index (χ0) is 13.8. The van der Waals surface area contributed by atoms with Crippen molar-refractivity contribution in [1.29, 1.82) is 0 Å². The van der Waals surface area contributed by atoms with Gasteiger partial charge in [-0.15, -0.1) is 0 Å². The molecule has 6 nitrogen and oxygen atoms in total. The molecule has 2 N–H and O–H groups in total. The lowest BCUT2D eigenvalue weighted by Crippen LogP contribution is -2.00. The van der Waals surface area contributed by atoms with Crippen LogP contribution in [0.25, 0.3) is 5.82 Å². The van der Waals surface area contributed by atoms with E-state index in [0.29, 0.717) is 12.3 Å². The van der Waals surface area contributed by atoms with Crippen molar-refractivity contribution in [3.05, 3.63) is 60.7 Å². The fraction of sp³-hybridized carbons (Fsp3) is 0.143. The summed E-state index contributed by atoms with van der Waals surface area (Å²) in [7, 11) is 0. The smallest absolute Gasteiger partial charge is 0.137 e. The number of imidazole rings is 1. The van der Waals surface area contributed by atoms with Gasteiger partial charge in [-0.25, -0.2) is 9.97 Å². The highest BCUT2D eigenvalue weighted by Gasteiger charge is 2.02. The Hall–Kier alpha value is -2.60. The summed E-state index contributed by atoms with van der Waals surface area (Å²) in [5, 5.41) is 12.1. The zero-order valence-corrected chi connectivity index (χ0v) is 10.7. The highest BCUT2D eigenvalue weighted by Crippen LogP contribution is 2.13. The maximum Gasteiger partial charge on any atom is 0.137 e. The molecule has 0 fully saturated rings. The molecule has 0 amide bonds. The molecule has 6 heteroatoms. The van der Waals surface area contributed by atoms with Gasteiger partial charge in [0.15, 0.2) is 0 Å². The third-order valence-electron chi connectivity index (χ3n) is 2.86. The van der Waals surface area contributed by atoms with E-state index >= 15 is 0 Å². The first kappa shape index (κ1) is 12.4. The maximum absolute atomic E-state index is 8.93. The second-order valence-electron chi connectivity index (χ2n) is 4.25. The number of aromatic nitrogens is 3. The number of rotatable bonds is 5. The summed E-state index contributed by atoms with van der Waals surface area (Å²) >= 11 is 0. The van der Waals surface area contributed by atoms with Crippen LogP contribution in [0.3, 0.4) is 0 Å². The first-order chi connectivity index (χ1) is 9.85. The first-order valence-corrected chi connectivity index (χ1v) is 6.22. The van der Waals surface area contributed by atoms with Crippen molar-refractivity contribution >= 4 is 5.69 Å². The van der Waals surface area contributed by atoms with Gasteiger partial charge in [-0.05, 0) is 24.3 Å². The normalized spacial score (nSPS) is 10.7. The third-order valence-corrected chi connectivity index (χ3v) is 2.86.